The first-order chi connectivity index (χ1) is 4.16. The summed E-state index contributed by atoms with van der Waals surface area (Å²) in [6.45, 7) is 3.02. The summed E-state index contributed by atoms with van der Waals surface area (Å²) in [4.78, 5) is 4.75. The van der Waals surface area contributed by atoms with E-state index in [0.717, 1.165) is 6.54 Å². The van der Waals surface area contributed by atoms with Crippen LogP contribution >= 0.6 is 0 Å². The number of hydroxylamine groups is 1. The van der Waals surface area contributed by atoms with Crippen molar-refractivity contribution < 1.29 is 10.0 Å². The number of rotatable bonds is 3. The van der Waals surface area contributed by atoms with Crippen molar-refractivity contribution in [2.24, 2.45) is 5.41 Å². The topological polar surface area (TPSA) is 37.5 Å². The molecule has 0 saturated heterocycles. The highest BCUT2D eigenvalue weighted by Gasteiger charge is 2.40. The van der Waals surface area contributed by atoms with Crippen LogP contribution in [0.1, 0.15) is 19.8 Å². The summed E-state index contributed by atoms with van der Waals surface area (Å²) in [5, 5.41) is 0.426. The molecular formula is C6H14N2O. The normalized spacial score (nSPS) is 25.7. The van der Waals surface area contributed by atoms with Gasteiger partial charge in [0.2, 0.25) is 0 Å². The van der Waals surface area contributed by atoms with Crippen LogP contribution in [0.5, 0.6) is 0 Å². The van der Waals surface area contributed by atoms with Crippen molar-refractivity contribution in [2.75, 3.05) is 13.7 Å². The molecule has 0 amide bonds. The first kappa shape index (κ1) is 6.99. The van der Waals surface area contributed by atoms with Crippen LogP contribution in [0.4, 0.5) is 0 Å². The highest BCUT2D eigenvalue weighted by Crippen LogP contribution is 2.43. The van der Waals surface area contributed by atoms with E-state index in [4.69, 9.17) is 10.7 Å². The second-order valence-corrected chi connectivity index (χ2v) is 3.11. The van der Waals surface area contributed by atoms with Gasteiger partial charge in [-0.05, 0) is 12.8 Å². The molecule has 1 rings (SSSR count). The zero-order valence-corrected chi connectivity index (χ0v) is 6.03. The Bertz CT molecular complexity index is 101. The highest BCUT2D eigenvalue weighted by molar-refractivity contribution is 4.87. The fourth-order valence-electron chi connectivity index (χ4n) is 0.850. The first-order valence-electron chi connectivity index (χ1n) is 3.28. The van der Waals surface area contributed by atoms with Gasteiger partial charge in [0.25, 0.3) is 0 Å². The average Bonchev–Trinajstić information content (AvgIpc) is 2.48. The van der Waals surface area contributed by atoms with Crippen molar-refractivity contribution >= 4 is 0 Å². The van der Waals surface area contributed by atoms with E-state index < -0.39 is 0 Å². The standard InChI is InChI=1S/C6H14N2O/c1-6(3-4-6)5-8(7)9-2/h7-8H,3-5H2,1-2H3. The van der Waals surface area contributed by atoms with Crippen LogP contribution in [-0.4, -0.2) is 13.7 Å². The lowest BCUT2D eigenvalue weighted by Crippen LogP contribution is -3.05. The molecule has 54 valence electrons. The fourth-order valence-corrected chi connectivity index (χ4v) is 0.850. The zero-order chi connectivity index (χ0) is 6.91. The number of hydrogen-bond donors (Lipinski definition) is 1. The monoisotopic (exact) mass is 130 g/mol. The Morgan fingerprint density at radius 1 is 1.67 bits per heavy atom. The van der Waals surface area contributed by atoms with Gasteiger partial charge in [0.15, 0.2) is 0 Å². The molecule has 1 aliphatic rings. The molecule has 1 fully saturated rings. The minimum absolute atomic E-state index is 0.424. The minimum atomic E-state index is 0.424. The molecule has 1 atom stereocenters. The van der Waals surface area contributed by atoms with Crippen molar-refractivity contribution in [2.45, 2.75) is 19.8 Å². The van der Waals surface area contributed by atoms with Gasteiger partial charge in [0, 0.05) is 5.41 Å². The quantitative estimate of drug-likeness (QED) is 0.544. The summed E-state index contributed by atoms with van der Waals surface area (Å²) >= 11 is 0. The van der Waals surface area contributed by atoms with Crippen molar-refractivity contribution in [1.29, 1.82) is 0 Å². The maximum atomic E-state index is 7.21. The van der Waals surface area contributed by atoms with Gasteiger partial charge in [-0.3, -0.25) is 5.17 Å². The molecule has 2 N–H and O–H groups in total. The molecule has 0 aromatic carbocycles. The fraction of sp³-hybridized carbons (Fsp3) is 1.00. The smallest absolute Gasteiger partial charge is 0.103 e. The molecule has 0 aromatic heterocycles. The Kier molecular flexibility index (Phi) is 1.75. The summed E-state index contributed by atoms with van der Waals surface area (Å²) in [5.41, 5.74) is 0.424. The zero-order valence-electron chi connectivity index (χ0n) is 6.03. The molecule has 0 bridgehead atoms. The molecule has 3 heteroatoms. The Morgan fingerprint density at radius 3 is 2.56 bits per heavy atom. The van der Waals surface area contributed by atoms with Crippen LogP contribution in [0.25, 0.3) is 5.84 Å². The van der Waals surface area contributed by atoms with Crippen LogP contribution in [0.3, 0.4) is 0 Å². The van der Waals surface area contributed by atoms with Crippen LogP contribution in [0, 0.1) is 5.41 Å². The van der Waals surface area contributed by atoms with Gasteiger partial charge in [-0.25, -0.2) is 4.84 Å². The van der Waals surface area contributed by atoms with Crippen molar-refractivity contribution in [3.05, 3.63) is 5.84 Å². The highest BCUT2D eigenvalue weighted by atomic mass is 16.7. The van der Waals surface area contributed by atoms with E-state index in [0.29, 0.717) is 10.6 Å². The minimum Gasteiger partial charge on any atom is -0.434 e. The molecule has 9 heavy (non-hydrogen) atoms. The Morgan fingerprint density at radius 2 is 2.22 bits per heavy atom. The van der Waals surface area contributed by atoms with Crippen LogP contribution in [0.2, 0.25) is 0 Å². The Labute approximate surface area is 55.7 Å². The van der Waals surface area contributed by atoms with Gasteiger partial charge in [0.05, 0.1) is 7.11 Å². The van der Waals surface area contributed by atoms with E-state index in [1.165, 1.54) is 12.8 Å². The third-order valence-electron chi connectivity index (χ3n) is 1.94. The largest absolute Gasteiger partial charge is 0.434 e. The summed E-state index contributed by atoms with van der Waals surface area (Å²) in [5.74, 6) is 7.21. The number of quaternary nitrogens is 1. The maximum absolute atomic E-state index is 7.21. The van der Waals surface area contributed by atoms with Gasteiger partial charge in [-0.15, -0.1) is 0 Å². The van der Waals surface area contributed by atoms with Crippen LogP contribution in [0.15, 0.2) is 0 Å². The Hall–Kier alpha value is -0.120. The van der Waals surface area contributed by atoms with E-state index >= 15 is 0 Å². The predicted molar refractivity (Wildman–Crippen MR) is 34.5 cm³/mol. The molecule has 0 radical (unpaired) electrons. The second kappa shape index (κ2) is 2.25. The molecule has 1 aliphatic carbocycles. The maximum Gasteiger partial charge on any atom is 0.103 e. The summed E-state index contributed by atoms with van der Waals surface area (Å²) < 4.78 is 0. The summed E-state index contributed by atoms with van der Waals surface area (Å²) in [6.07, 6.45) is 2.53. The molecule has 1 unspecified atom stereocenters. The van der Waals surface area contributed by atoms with Gasteiger partial charge >= 0.3 is 0 Å². The lowest BCUT2D eigenvalue weighted by molar-refractivity contribution is -1.05. The van der Waals surface area contributed by atoms with Gasteiger partial charge in [-0.1, -0.05) is 6.92 Å². The molecule has 1 saturated carbocycles. The summed E-state index contributed by atoms with van der Waals surface area (Å²) in [7, 11) is 1.56. The first-order valence-corrected chi connectivity index (χ1v) is 3.28. The predicted octanol–water partition coefficient (Wildman–Crippen LogP) is 0.200. The lowest BCUT2D eigenvalue weighted by atomic mass is 10.1. The van der Waals surface area contributed by atoms with Gasteiger partial charge < -0.3 is 5.84 Å². The van der Waals surface area contributed by atoms with E-state index in [-0.39, 0.29) is 0 Å². The molecule has 3 nitrogen and oxygen atoms in total. The third-order valence-corrected chi connectivity index (χ3v) is 1.94. The van der Waals surface area contributed by atoms with Crippen molar-refractivity contribution in [3.8, 4) is 0 Å². The molecular weight excluding hydrogens is 116 g/mol. The van der Waals surface area contributed by atoms with Crippen LogP contribution in [-0.2, 0) is 4.84 Å². The third kappa shape index (κ3) is 1.93. The average molecular weight is 130 g/mol. The molecule has 0 aliphatic heterocycles. The molecule has 0 aromatic rings. The Balaban J connectivity index is 2.17. The summed E-state index contributed by atoms with van der Waals surface area (Å²) in [6, 6.07) is 0. The lowest BCUT2D eigenvalue weighted by Gasteiger charge is -2.19. The molecule has 0 heterocycles. The van der Waals surface area contributed by atoms with E-state index in [1.807, 2.05) is 0 Å². The van der Waals surface area contributed by atoms with E-state index in [9.17, 15) is 0 Å². The number of nitrogens with one attached hydrogen (secondary N) is 2. The van der Waals surface area contributed by atoms with Crippen molar-refractivity contribution in [3.63, 3.8) is 0 Å². The van der Waals surface area contributed by atoms with Gasteiger partial charge in [0.1, 0.15) is 6.54 Å². The second-order valence-electron chi connectivity index (χ2n) is 3.11. The van der Waals surface area contributed by atoms with E-state index in [1.54, 1.807) is 7.11 Å². The van der Waals surface area contributed by atoms with Crippen molar-refractivity contribution in [1.82, 2.24) is 0 Å². The SMILES string of the molecule is CO[NH+]([NH-])CC1(C)CC1. The van der Waals surface area contributed by atoms with Gasteiger partial charge in [-0.2, -0.15) is 0 Å². The molecule has 0 spiro atoms. The van der Waals surface area contributed by atoms with Crippen LogP contribution < -0.4 is 5.17 Å². The van der Waals surface area contributed by atoms with E-state index in [2.05, 4.69) is 6.92 Å². The number of hydrogen-bond acceptors (Lipinski definition) is 1.